The Bertz CT molecular complexity index is 307. The predicted octanol–water partition coefficient (Wildman–Crippen LogP) is 2.45. The molecule has 0 spiro atoms. The number of aliphatic hydroxyl groups is 1. The molecule has 1 aromatic carbocycles. The van der Waals surface area contributed by atoms with Crippen molar-refractivity contribution < 1.29 is 9.50 Å². The first-order valence-corrected chi connectivity index (χ1v) is 5.79. The molecule has 0 saturated heterocycles. The van der Waals surface area contributed by atoms with Crippen molar-refractivity contribution in [3.05, 3.63) is 34.1 Å². The van der Waals surface area contributed by atoms with Crippen LogP contribution in [-0.2, 0) is 6.54 Å². The molecule has 84 valence electrons. The average molecular weight is 276 g/mol. The molecule has 2 nitrogen and oxygen atoms in total. The highest BCUT2D eigenvalue weighted by Crippen LogP contribution is 2.15. The molecule has 1 aromatic rings. The van der Waals surface area contributed by atoms with E-state index in [-0.39, 0.29) is 12.4 Å². The molecule has 0 unspecified atom stereocenters. The van der Waals surface area contributed by atoms with Gasteiger partial charge in [-0.3, -0.25) is 0 Å². The van der Waals surface area contributed by atoms with Gasteiger partial charge in [-0.2, -0.15) is 0 Å². The smallest absolute Gasteiger partial charge is 0.127 e. The lowest BCUT2D eigenvalue weighted by Gasteiger charge is -2.05. The van der Waals surface area contributed by atoms with E-state index in [1.54, 1.807) is 12.1 Å². The first-order valence-electron chi connectivity index (χ1n) is 4.99. The molecule has 0 bridgehead atoms. The van der Waals surface area contributed by atoms with Gasteiger partial charge in [0.2, 0.25) is 0 Å². The normalized spacial score (nSPS) is 10.6. The third kappa shape index (κ3) is 4.73. The van der Waals surface area contributed by atoms with Crippen LogP contribution in [0.25, 0.3) is 0 Å². The highest BCUT2D eigenvalue weighted by atomic mass is 79.9. The second-order valence-electron chi connectivity index (χ2n) is 3.34. The maximum atomic E-state index is 13.2. The molecule has 0 amide bonds. The van der Waals surface area contributed by atoms with Crippen molar-refractivity contribution in [3.8, 4) is 0 Å². The van der Waals surface area contributed by atoms with Gasteiger partial charge >= 0.3 is 0 Å². The first kappa shape index (κ1) is 12.6. The standard InChI is InChI=1S/C11H15BrFNO/c12-10-3-4-11(13)9(7-10)8-14-5-1-2-6-15/h3-4,7,14-15H,1-2,5-6,8H2. The second kappa shape index (κ2) is 6.93. The molecule has 0 aliphatic rings. The average Bonchev–Trinajstić information content (AvgIpc) is 2.23. The van der Waals surface area contributed by atoms with Gasteiger partial charge in [-0.15, -0.1) is 0 Å². The maximum absolute atomic E-state index is 13.2. The Balaban J connectivity index is 2.33. The molecule has 15 heavy (non-hydrogen) atoms. The molecule has 1 rings (SSSR count). The van der Waals surface area contributed by atoms with Crippen LogP contribution in [0.3, 0.4) is 0 Å². The lowest BCUT2D eigenvalue weighted by Crippen LogP contribution is -2.15. The Kier molecular flexibility index (Phi) is 5.83. The SMILES string of the molecule is OCCCCNCc1cc(Br)ccc1F. The zero-order valence-corrected chi connectivity index (χ0v) is 10.1. The summed E-state index contributed by atoms with van der Waals surface area (Å²) < 4.78 is 14.1. The van der Waals surface area contributed by atoms with Gasteiger partial charge in [-0.1, -0.05) is 15.9 Å². The van der Waals surface area contributed by atoms with Crippen molar-refractivity contribution in [2.24, 2.45) is 0 Å². The number of nitrogens with one attached hydrogen (secondary N) is 1. The largest absolute Gasteiger partial charge is 0.396 e. The molecule has 0 aromatic heterocycles. The van der Waals surface area contributed by atoms with Crippen molar-refractivity contribution in [2.45, 2.75) is 19.4 Å². The number of aliphatic hydroxyl groups excluding tert-OH is 1. The van der Waals surface area contributed by atoms with Gasteiger partial charge in [0.1, 0.15) is 5.82 Å². The van der Waals surface area contributed by atoms with Gasteiger partial charge in [0.25, 0.3) is 0 Å². The van der Waals surface area contributed by atoms with E-state index in [2.05, 4.69) is 21.2 Å². The van der Waals surface area contributed by atoms with E-state index in [0.717, 1.165) is 23.9 Å². The lowest BCUT2D eigenvalue weighted by molar-refractivity contribution is 0.283. The fourth-order valence-corrected chi connectivity index (χ4v) is 1.67. The van der Waals surface area contributed by atoms with E-state index in [1.165, 1.54) is 6.07 Å². The van der Waals surface area contributed by atoms with E-state index < -0.39 is 0 Å². The quantitative estimate of drug-likeness (QED) is 0.782. The summed E-state index contributed by atoms with van der Waals surface area (Å²) in [6, 6.07) is 4.91. The summed E-state index contributed by atoms with van der Waals surface area (Å²) >= 11 is 3.30. The molecular formula is C11H15BrFNO. The fourth-order valence-electron chi connectivity index (χ4n) is 1.26. The number of unbranched alkanes of at least 4 members (excludes halogenated alkanes) is 1. The summed E-state index contributed by atoms with van der Waals surface area (Å²) in [5.41, 5.74) is 0.661. The van der Waals surface area contributed by atoms with E-state index >= 15 is 0 Å². The molecule has 0 heterocycles. The summed E-state index contributed by atoms with van der Waals surface area (Å²) in [6.07, 6.45) is 1.69. The topological polar surface area (TPSA) is 32.3 Å². The fraction of sp³-hybridized carbons (Fsp3) is 0.455. The summed E-state index contributed by atoms with van der Waals surface area (Å²) in [6.45, 7) is 1.54. The van der Waals surface area contributed by atoms with Crippen LogP contribution in [0.1, 0.15) is 18.4 Å². The zero-order valence-electron chi connectivity index (χ0n) is 8.47. The molecule has 0 aliphatic carbocycles. The van der Waals surface area contributed by atoms with E-state index in [4.69, 9.17) is 5.11 Å². The van der Waals surface area contributed by atoms with Crippen molar-refractivity contribution >= 4 is 15.9 Å². The van der Waals surface area contributed by atoms with Gasteiger partial charge in [-0.25, -0.2) is 4.39 Å². The third-order valence-corrected chi connectivity index (χ3v) is 2.58. The highest BCUT2D eigenvalue weighted by Gasteiger charge is 2.01. The van der Waals surface area contributed by atoms with Gasteiger partial charge in [0.05, 0.1) is 0 Å². The highest BCUT2D eigenvalue weighted by molar-refractivity contribution is 9.10. The molecule has 0 saturated carbocycles. The van der Waals surface area contributed by atoms with Gasteiger partial charge in [0, 0.05) is 23.2 Å². The van der Waals surface area contributed by atoms with Crippen LogP contribution in [0.4, 0.5) is 4.39 Å². The molecule has 0 fully saturated rings. The molecule has 0 aliphatic heterocycles. The first-order chi connectivity index (χ1) is 7.24. The Hall–Kier alpha value is -0.450. The van der Waals surface area contributed by atoms with Gasteiger partial charge in [0.15, 0.2) is 0 Å². The molecule has 4 heteroatoms. The second-order valence-corrected chi connectivity index (χ2v) is 4.26. The maximum Gasteiger partial charge on any atom is 0.127 e. The number of rotatable bonds is 6. The Morgan fingerprint density at radius 2 is 2.13 bits per heavy atom. The van der Waals surface area contributed by atoms with Gasteiger partial charge < -0.3 is 10.4 Å². The van der Waals surface area contributed by atoms with Gasteiger partial charge in [-0.05, 0) is 37.6 Å². The molecule has 2 N–H and O–H groups in total. The number of hydrogen-bond donors (Lipinski definition) is 2. The Morgan fingerprint density at radius 1 is 1.33 bits per heavy atom. The number of benzene rings is 1. The minimum Gasteiger partial charge on any atom is -0.396 e. The van der Waals surface area contributed by atoms with E-state index in [0.29, 0.717) is 12.1 Å². The predicted molar refractivity (Wildman–Crippen MR) is 62.1 cm³/mol. The van der Waals surface area contributed by atoms with Crippen LogP contribution >= 0.6 is 15.9 Å². The van der Waals surface area contributed by atoms with E-state index in [1.807, 2.05) is 0 Å². The van der Waals surface area contributed by atoms with Crippen molar-refractivity contribution in [2.75, 3.05) is 13.2 Å². The molecular weight excluding hydrogens is 261 g/mol. The van der Waals surface area contributed by atoms with Crippen LogP contribution in [-0.4, -0.2) is 18.3 Å². The molecule has 0 radical (unpaired) electrons. The van der Waals surface area contributed by atoms with Crippen LogP contribution < -0.4 is 5.32 Å². The summed E-state index contributed by atoms with van der Waals surface area (Å²) in [5, 5.41) is 11.7. The monoisotopic (exact) mass is 275 g/mol. The molecule has 0 atom stereocenters. The lowest BCUT2D eigenvalue weighted by atomic mass is 10.2. The van der Waals surface area contributed by atoms with Crippen LogP contribution in [0, 0.1) is 5.82 Å². The summed E-state index contributed by atoms with van der Waals surface area (Å²) in [7, 11) is 0. The van der Waals surface area contributed by atoms with Crippen LogP contribution in [0.2, 0.25) is 0 Å². The number of halogens is 2. The summed E-state index contributed by atoms with van der Waals surface area (Å²) in [4.78, 5) is 0. The van der Waals surface area contributed by atoms with E-state index in [9.17, 15) is 4.39 Å². The third-order valence-electron chi connectivity index (χ3n) is 2.08. The summed E-state index contributed by atoms with van der Waals surface area (Å²) in [5.74, 6) is -0.187. The van der Waals surface area contributed by atoms with Crippen LogP contribution in [0.15, 0.2) is 22.7 Å². The minimum atomic E-state index is -0.187. The van der Waals surface area contributed by atoms with Crippen molar-refractivity contribution in [1.29, 1.82) is 0 Å². The Labute approximate surface area is 97.6 Å². The van der Waals surface area contributed by atoms with Crippen molar-refractivity contribution in [3.63, 3.8) is 0 Å². The van der Waals surface area contributed by atoms with Crippen LogP contribution in [0.5, 0.6) is 0 Å². The minimum absolute atomic E-state index is 0.187. The zero-order chi connectivity index (χ0) is 11.1. The van der Waals surface area contributed by atoms with Crippen molar-refractivity contribution in [1.82, 2.24) is 5.32 Å². The number of hydrogen-bond acceptors (Lipinski definition) is 2. The Morgan fingerprint density at radius 3 is 2.87 bits per heavy atom.